The summed E-state index contributed by atoms with van der Waals surface area (Å²) in [5, 5.41) is 9.31. The van der Waals surface area contributed by atoms with E-state index in [4.69, 9.17) is 4.42 Å². The van der Waals surface area contributed by atoms with E-state index < -0.39 is 0 Å². The standard InChI is InChI=1S/C17H11N3O2/c21-13-4-5-14(19-10-13)11-3-6-16-15(8-11)20-17(22-16)12-2-1-7-18-9-12/h1-10,21H. The van der Waals surface area contributed by atoms with Gasteiger partial charge in [0.1, 0.15) is 11.3 Å². The van der Waals surface area contributed by atoms with Gasteiger partial charge in [0.05, 0.1) is 17.5 Å². The van der Waals surface area contributed by atoms with Crippen molar-refractivity contribution in [2.45, 2.75) is 0 Å². The Labute approximate surface area is 125 Å². The molecule has 4 aromatic rings. The highest BCUT2D eigenvalue weighted by atomic mass is 16.3. The topological polar surface area (TPSA) is 72.0 Å². The smallest absolute Gasteiger partial charge is 0.228 e. The molecule has 0 aliphatic carbocycles. The molecule has 4 rings (SSSR count). The molecule has 0 unspecified atom stereocenters. The highest BCUT2D eigenvalue weighted by Gasteiger charge is 2.09. The van der Waals surface area contributed by atoms with Crippen LogP contribution in [-0.2, 0) is 0 Å². The number of oxazole rings is 1. The fourth-order valence-corrected chi connectivity index (χ4v) is 2.26. The van der Waals surface area contributed by atoms with E-state index in [0.717, 1.165) is 22.3 Å². The number of aromatic nitrogens is 3. The van der Waals surface area contributed by atoms with E-state index in [1.165, 1.54) is 6.20 Å². The second-order valence-electron chi connectivity index (χ2n) is 4.84. The van der Waals surface area contributed by atoms with Crippen LogP contribution in [-0.4, -0.2) is 20.1 Å². The Balaban J connectivity index is 1.80. The van der Waals surface area contributed by atoms with Gasteiger partial charge >= 0.3 is 0 Å². The van der Waals surface area contributed by atoms with Crippen molar-refractivity contribution < 1.29 is 9.52 Å². The zero-order valence-corrected chi connectivity index (χ0v) is 11.5. The van der Waals surface area contributed by atoms with Gasteiger partial charge in [-0.3, -0.25) is 9.97 Å². The second-order valence-corrected chi connectivity index (χ2v) is 4.84. The molecule has 0 bridgehead atoms. The molecule has 0 atom stereocenters. The van der Waals surface area contributed by atoms with Gasteiger partial charge in [0.15, 0.2) is 5.58 Å². The van der Waals surface area contributed by atoms with Crippen LogP contribution in [0.3, 0.4) is 0 Å². The average molecular weight is 289 g/mol. The first-order chi connectivity index (χ1) is 10.8. The van der Waals surface area contributed by atoms with Gasteiger partial charge in [0.25, 0.3) is 0 Å². The van der Waals surface area contributed by atoms with Crippen LogP contribution in [0.25, 0.3) is 33.8 Å². The van der Waals surface area contributed by atoms with E-state index >= 15 is 0 Å². The number of benzene rings is 1. The van der Waals surface area contributed by atoms with Crippen molar-refractivity contribution in [3.05, 3.63) is 61.1 Å². The van der Waals surface area contributed by atoms with Gasteiger partial charge in [-0.25, -0.2) is 4.98 Å². The molecule has 0 aliphatic rings. The molecule has 5 nitrogen and oxygen atoms in total. The summed E-state index contributed by atoms with van der Waals surface area (Å²) in [6.45, 7) is 0. The molecule has 0 saturated heterocycles. The van der Waals surface area contributed by atoms with Crippen LogP contribution in [0.1, 0.15) is 0 Å². The maximum Gasteiger partial charge on any atom is 0.228 e. The largest absolute Gasteiger partial charge is 0.506 e. The van der Waals surface area contributed by atoms with E-state index in [2.05, 4.69) is 15.0 Å². The maximum absolute atomic E-state index is 9.31. The lowest BCUT2D eigenvalue weighted by Gasteiger charge is -1.99. The molecule has 0 spiro atoms. The van der Waals surface area contributed by atoms with E-state index in [-0.39, 0.29) is 5.75 Å². The van der Waals surface area contributed by atoms with Crippen LogP contribution in [0.2, 0.25) is 0 Å². The molecule has 3 aromatic heterocycles. The van der Waals surface area contributed by atoms with Crippen LogP contribution in [0.5, 0.6) is 5.75 Å². The number of hydrogen-bond acceptors (Lipinski definition) is 5. The summed E-state index contributed by atoms with van der Waals surface area (Å²) in [6, 6.07) is 12.8. The van der Waals surface area contributed by atoms with Gasteiger partial charge < -0.3 is 9.52 Å². The molecule has 0 aliphatic heterocycles. The highest BCUT2D eigenvalue weighted by Crippen LogP contribution is 2.27. The Hall–Kier alpha value is -3.21. The lowest BCUT2D eigenvalue weighted by molar-refractivity contribution is 0.473. The van der Waals surface area contributed by atoms with E-state index in [1.807, 2.05) is 30.3 Å². The number of pyridine rings is 2. The first-order valence-corrected chi connectivity index (χ1v) is 6.76. The molecule has 5 heteroatoms. The summed E-state index contributed by atoms with van der Waals surface area (Å²) >= 11 is 0. The normalized spacial score (nSPS) is 10.9. The van der Waals surface area contributed by atoms with Crippen molar-refractivity contribution in [2.75, 3.05) is 0 Å². The van der Waals surface area contributed by atoms with Crippen LogP contribution < -0.4 is 0 Å². The van der Waals surface area contributed by atoms with Crippen molar-refractivity contribution >= 4 is 11.1 Å². The predicted molar refractivity (Wildman–Crippen MR) is 82.1 cm³/mol. The molecule has 22 heavy (non-hydrogen) atoms. The molecule has 1 N–H and O–H groups in total. The molecule has 0 saturated carbocycles. The summed E-state index contributed by atoms with van der Waals surface area (Å²) in [6.07, 6.45) is 4.84. The third-order valence-electron chi connectivity index (χ3n) is 3.34. The van der Waals surface area contributed by atoms with Crippen molar-refractivity contribution in [1.29, 1.82) is 0 Å². The molecule has 106 valence electrons. The number of fused-ring (bicyclic) bond motifs is 1. The molecule has 0 radical (unpaired) electrons. The first kappa shape index (κ1) is 12.5. The Morgan fingerprint density at radius 3 is 2.68 bits per heavy atom. The van der Waals surface area contributed by atoms with Gasteiger partial charge in [-0.1, -0.05) is 0 Å². The average Bonchev–Trinajstić information content (AvgIpc) is 2.99. The Kier molecular flexibility index (Phi) is 2.83. The SMILES string of the molecule is Oc1ccc(-c2ccc3oc(-c4cccnc4)nc3c2)nc1. The highest BCUT2D eigenvalue weighted by molar-refractivity contribution is 5.81. The molecular formula is C17H11N3O2. The monoisotopic (exact) mass is 289 g/mol. The molecule has 3 heterocycles. The van der Waals surface area contributed by atoms with E-state index in [1.54, 1.807) is 24.5 Å². The van der Waals surface area contributed by atoms with Crippen LogP contribution in [0.4, 0.5) is 0 Å². The number of hydrogen-bond donors (Lipinski definition) is 1. The summed E-state index contributed by atoms with van der Waals surface area (Å²) in [7, 11) is 0. The van der Waals surface area contributed by atoms with Crippen molar-refractivity contribution in [1.82, 2.24) is 15.0 Å². The quantitative estimate of drug-likeness (QED) is 0.609. The van der Waals surface area contributed by atoms with Crippen molar-refractivity contribution in [3.8, 4) is 28.5 Å². The summed E-state index contributed by atoms with van der Waals surface area (Å²) < 4.78 is 5.75. The molecular weight excluding hydrogens is 278 g/mol. The minimum atomic E-state index is 0.144. The second kappa shape index (κ2) is 4.96. The molecule has 1 aromatic carbocycles. The Morgan fingerprint density at radius 1 is 0.955 bits per heavy atom. The third-order valence-corrected chi connectivity index (χ3v) is 3.34. The number of rotatable bonds is 2. The van der Waals surface area contributed by atoms with E-state index in [9.17, 15) is 5.11 Å². The lowest BCUT2D eigenvalue weighted by atomic mass is 10.1. The van der Waals surface area contributed by atoms with Gasteiger partial charge in [-0.05, 0) is 42.5 Å². The zero-order chi connectivity index (χ0) is 14.9. The van der Waals surface area contributed by atoms with Crippen LogP contribution in [0.15, 0.2) is 65.5 Å². The van der Waals surface area contributed by atoms with Crippen LogP contribution in [0, 0.1) is 0 Å². The van der Waals surface area contributed by atoms with Gasteiger partial charge in [0.2, 0.25) is 5.89 Å². The Morgan fingerprint density at radius 2 is 1.91 bits per heavy atom. The zero-order valence-electron chi connectivity index (χ0n) is 11.5. The molecule has 0 amide bonds. The number of nitrogens with zero attached hydrogens (tertiary/aromatic N) is 3. The minimum Gasteiger partial charge on any atom is -0.506 e. The first-order valence-electron chi connectivity index (χ1n) is 6.76. The summed E-state index contributed by atoms with van der Waals surface area (Å²) in [5.41, 5.74) is 3.99. The third kappa shape index (κ3) is 2.18. The fourth-order valence-electron chi connectivity index (χ4n) is 2.26. The number of aromatic hydroxyl groups is 1. The van der Waals surface area contributed by atoms with E-state index in [0.29, 0.717) is 11.5 Å². The lowest BCUT2D eigenvalue weighted by Crippen LogP contribution is -1.82. The molecule has 0 fully saturated rings. The fraction of sp³-hybridized carbons (Fsp3) is 0. The Bertz CT molecular complexity index is 931. The van der Waals surface area contributed by atoms with Crippen LogP contribution >= 0.6 is 0 Å². The summed E-state index contributed by atoms with van der Waals surface area (Å²) in [5.74, 6) is 0.684. The van der Waals surface area contributed by atoms with Crippen molar-refractivity contribution in [2.24, 2.45) is 0 Å². The van der Waals surface area contributed by atoms with Crippen molar-refractivity contribution in [3.63, 3.8) is 0 Å². The predicted octanol–water partition coefficient (Wildman–Crippen LogP) is 3.66. The maximum atomic E-state index is 9.31. The van der Waals surface area contributed by atoms with Gasteiger partial charge in [-0.2, -0.15) is 0 Å². The van der Waals surface area contributed by atoms with Gasteiger partial charge in [-0.15, -0.1) is 0 Å². The minimum absolute atomic E-state index is 0.144. The van der Waals surface area contributed by atoms with Gasteiger partial charge in [0, 0.05) is 18.0 Å². The summed E-state index contributed by atoms with van der Waals surface area (Å²) in [4.78, 5) is 12.8.